The summed E-state index contributed by atoms with van der Waals surface area (Å²) in [5.74, 6) is 1.57. The summed E-state index contributed by atoms with van der Waals surface area (Å²) in [5.41, 5.74) is 0.298. The summed E-state index contributed by atoms with van der Waals surface area (Å²) >= 11 is 0. The van der Waals surface area contributed by atoms with Crippen LogP contribution >= 0.6 is 0 Å². The van der Waals surface area contributed by atoms with E-state index in [0.717, 1.165) is 62.7 Å². The number of carbonyl (C=O) groups is 3. The van der Waals surface area contributed by atoms with E-state index >= 15 is 0 Å². The van der Waals surface area contributed by atoms with Crippen LogP contribution in [0.15, 0.2) is 24.3 Å². The monoisotopic (exact) mass is 584 g/mol. The summed E-state index contributed by atoms with van der Waals surface area (Å²) in [6.07, 6.45) is 20.5. The Bertz CT molecular complexity index is 925. The molecule has 0 radical (unpaired) electrons. The number of esters is 3. The van der Waals surface area contributed by atoms with Crippen LogP contribution in [-0.4, -0.2) is 30.6 Å². The molecule has 2 aliphatic rings. The number of ether oxygens (including phenoxy) is 3. The summed E-state index contributed by atoms with van der Waals surface area (Å²) in [5, 5.41) is 0. The second kappa shape index (κ2) is 19.0. The molecule has 2 fully saturated rings. The Morgan fingerprint density at radius 2 is 1.31 bits per heavy atom. The zero-order valence-electron chi connectivity index (χ0n) is 26.6. The average molecular weight is 585 g/mol. The molecule has 0 amide bonds. The standard InChI is InChI=1S/C36H56O6/c1-4-6-7-8-9-10-11-12-26-40-34(37)27(3)41-35(38)32-22-24-33(25-23-32)42-36(39)31-20-18-30(19-21-31)29-16-14-28(13-5-2)15-17-29/h22-25,27-31H,4-21,26H2,1-3H3/t27-,28?,29?,30?,31?/m1/s1. The molecule has 236 valence electrons. The van der Waals surface area contributed by atoms with E-state index in [1.54, 1.807) is 24.3 Å². The number of hydrogen-bond acceptors (Lipinski definition) is 6. The zero-order valence-corrected chi connectivity index (χ0v) is 26.6. The molecule has 0 aromatic heterocycles. The van der Waals surface area contributed by atoms with Crippen molar-refractivity contribution in [2.45, 2.75) is 142 Å². The molecule has 0 aliphatic heterocycles. The smallest absolute Gasteiger partial charge is 0.347 e. The molecule has 0 heterocycles. The van der Waals surface area contributed by atoms with Gasteiger partial charge in [-0.15, -0.1) is 0 Å². The highest BCUT2D eigenvalue weighted by molar-refractivity contribution is 5.91. The summed E-state index contributed by atoms with van der Waals surface area (Å²) in [6.45, 7) is 6.37. The second-order valence-corrected chi connectivity index (χ2v) is 12.8. The van der Waals surface area contributed by atoms with Crippen LogP contribution in [0.4, 0.5) is 0 Å². The second-order valence-electron chi connectivity index (χ2n) is 12.8. The van der Waals surface area contributed by atoms with Gasteiger partial charge in [-0.05, 0) is 93.9 Å². The highest BCUT2D eigenvalue weighted by Gasteiger charge is 2.33. The van der Waals surface area contributed by atoms with Crippen molar-refractivity contribution in [3.8, 4) is 5.75 Å². The van der Waals surface area contributed by atoms with Crippen LogP contribution in [0.5, 0.6) is 5.75 Å². The van der Waals surface area contributed by atoms with Gasteiger partial charge in [-0.1, -0.05) is 84.5 Å². The van der Waals surface area contributed by atoms with Crippen molar-refractivity contribution in [3.63, 3.8) is 0 Å². The minimum Gasteiger partial charge on any atom is -0.463 e. The maximum absolute atomic E-state index is 12.8. The van der Waals surface area contributed by atoms with E-state index in [1.165, 1.54) is 77.6 Å². The van der Waals surface area contributed by atoms with Gasteiger partial charge in [-0.2, -0.15) is 0 Å². The van der Waals surface area contributed by atoms with E-state index in [0.29, 0.717) is 17.9 Å². The van der Waals surface area contributed by atoms with Crippen molar-refractivity contribution < 1.29 is 28.6 Å². The van der Waals surface area contributed by atoms with E-state index in [1.807, 2.05) is 0 Å². The van der Waals surface area contributed by atoms with Crippen molar-refractivity contribution in [2.24, 2.45) is 23.7 Å². The average Bonchev–Trinajstić information content (AvgIpc) is 3.01. The molecule has 2 aliphatic carbocycles. The van der Waals surface area contributed by atoms with E-state index in [2.05, 4.69) is 13.8 Å². The fourth-order valence-electron chi connectivity index (χ4n) is 6.84. The topological polar surface area (TPSA) is 78.9 Å². The van der Waals surface area contributed by atoms with Crippen LogP contribution in [0.1, 0.15) is 147 Å². The molecule has 6 nitrogen and oxygen atoms in total. The fourth-order valence-corrected chi connectivity index (χ4v) is 6.84. The normalized spacial score (nSPS) is 23.1. The minimum atomic E-state index is -0.981. The molecule has 1 aromatic carbocycles. The SMILES string of the molecule is CCCCCCCCCCOC(=O)[C@@H](C)OC(=O)c1ccc(OC(=O)C2CCC(C3CCC(CCC)CC3)CC2)cc1. The highest BCUT2D eigenvalue weighted by Crippen LogP contribution is 2.42. The summed E-state index contributed by atoms with van der Waals surface area (Å²) in [4.78, 5) is 37.6. The molecule has 0 unspecified atom stereocenters. The van der Waals surface area contributed by atoms with Gasteiger partial charge in [0.25, 0.3) is 0 Å². The molecular weight excluding hydrogens is 528 g/mol. The van der Waals surface area contributed by atoms with E-state index in [-0.39, 0.29) is 11.9 Å². The third-order valence-corrected chi connectivity index (χ3v) is 9.53. The van der Waals surface area contributed by atoms with Gasteiger partial charge in [-0.25, -0.2) is 9.59 Å². The maximum Gasteiger partial charge on any atom is 0.347 e. The Labute approximate surface area is 254 Å². The van der Waals surface area contributed by atoms with Crippen LogP contribution in [0.25, 0.3) is 0 Å². The Balaban J connectivity index is 1.31. The predicted octanol–water partition coefficient (Wildman–Crippen LogP) is 9.23. The maximum atomic E-state index is 12.8. The van der Waals surface area contributed by atoms with Gasteiger partial charge in [0, 0.05) is 0 Å². The van der Waals surface area contributed by atoms with Crippen molar-refractivity contribution in [2.75, 3.05) is 6.61 Å². The molecule has 2 saturated carbocycles. The number of hydrogen-bond donors (Lipinski definition) is 0. The van der Waals surface area contributed by atoms with E-state index in [9.17, 15) is 14.4 Å². The Morgan fingerprint density at radius 1 is 0.738 bits per heavy atom. The van der Waals surface area contributed by atoms with E-state index in [4.69, 9.17) is 14.2 Å². The van der Waals surface area contributed by atoms with Crippen molar-refractivity contribution in [1.29, 1.82) is 0 Å². The first-order valence-electron chi connectivity index (χ1n) is 17.1. The number of carbonyl (C=O) groups excluding carboxylic acids is 3. The van der Waals surface area contributed by atoms with Crippen molar-refractivity contribution in [3.05, 3.63) is 29.8 Å². The minimum absolute atomic E-state index is 0.0556. The summed E-state index contributed by atoms with van der Waals surface area (Å²) in [7, 11) is 0. The number of unbranched alkanes of at least 4 members (excludes halogenated alkanes) is 7. The predicted molar refractivity (Wildman–Crippen MR) is 166 cm³/mol. The van der Waals surface area contributed by atoms with Gasteiger partial charge >= 0.3 is 17.9 Å². The molecule has 0 bridgehead atoms. The molecule has 0 saturated heterocycles. The molecule has 42 heavy (non-hydrogen) atoms. The summed E-state index contributed by atoms with van der Waals surface area (Å²) in [6, 6.07) is 6.35. The lowest BCUT2D eigenvalue weighted by Crippen LogP contribution is -2.30. The summed E-state index contributed by atoms with van der Waals surface area (Å²) < 4.78 is 16.3. The third-order valence-electron chi connectivity index (χ3n) is 9.53. The molecule has 1 atom stereocenters. The van der Waals surface area contributed by atoms with Crippen molar-refractivity contribution >= 4 is 17.9 Å². The number of benzene rings is 1. The Kier molecular flexibility index (Phi) is 15.5. The third kappa shape index (κ3) is 11.7. The van der Waals surface area contributed by atoms with Gasteiger partial charge in [0.1, 0.15) is 5.75 Å². The lowest BCUT2D eigenvalue weighted by Gasteiger charge is -2.37. The Hall–Kier alpha value is -2.37. The van der Waals surface area contributed by atoms with Crippen LogP contribution in [0, 0.1) is 23.7 Å². The zero-order chi connectivity index (χ0) is 30.2. The first kappa shape index (κ1) is 34.1. The van der Waals surface area contributed by atoms with Crippen LogP contribution in [-0.2, 0) is 19.1 Å². The van der Waals surface area contributed by atoms with Gasteiger partial charge in [0.05, 0.1) is 18.1 Å². The van der Waals surface area contributed by atoms with Crippen molar-refractivity contribution in [1.82, 2.24) is 0 Å². The van der Waals surface area contributed by atoms with Crippen LogP contribution in [0.3, 0.4) is 0 Å². The molecule has 0 spiro atoms. The van der Waals surface area contributed by atoms with Gasteiger partial charge in [0.2, 0.25) is 0 Å². The van der Waals surface area contributed by atoms with E-state index < -0.39 is 18.0 Å². The van der Waals surface area contributed by atoms with Gasteiger partial charge < -0.3 is 14.2 Å². The molecule has 1 aromatic rings. The first-order chi connectivity index (χ1) is 20.4. The quantitative estimate of drug-likeness (QED) is 0.103. The largest absolute Gasteiger partial charge is 0.463 e. The molecule has 0 N–H and O–H groups in total. The molecule has 6 heteroatoms. The lowest BCUT2D eigenvalue weighted by molar-refractivity contribution is -0.153. The first-order valence-corrected chi connectivity index (χ1v) is 17.1. The van der Waals surface area contributed by atoms with Gasteiger partial charge in [-0.3, -0.25) is 4.79 Å². The van der Waals surface area contributed by atoms with Gasteiger partial charge in [0.15, 0.2) is 6.10 Å². The number of rotatable bonds is 17. The van der Waals surface area contributed by atoms with Crippen LogP contribution in [0.2, 0.25) is 0 Å². The highest BCUT2D eigenvalue weighted by atomic mass is 16.6. The lowest BCUT2D eigenvalue weighted by atomic mass is 9.69. The Morgan fingerprint density at radius 3 is 1.90 bits per heavy atom. The molecular formula is C36H56O6. The fraction of sp³-hybridized carbons (Fsp3) is 0.750. The molecule has 3 rings (SSSR count). The van der Waals surface area contributed by atoms with Crippen LogP contribution < -0.4 is 4.74 Å².